The summed E-state index contributed by atoms with van der Waals surface area (Å²) in [6.45, 7) is 7.43. The molecule has 0 aliphatic carbocycles. The quantitative estimate of drug-likeness (QED) is 0.539. The minimum Gasteiger partial charge on any atom is -0.463 e. The second-order valence-corrected chi connectivity index (χ2v) is 4.86. The van der Waals surface area contributed by atoms with Crippen molar-refractivity contribution in [2.24, 2.45) is 5.92 Å². The second-order valence-electron chi connectivity index (χ2n) is 4.86. The lowest BCUT2D eigenvalue weighted by atomic mass is 9.90. The Kier molecular flexibility index (Phi) is 6.71. The first-order valence-corrected chi connectivity index (χ1v) is 6.93. The normalized spacial score (nSPS) is 11.7. The van der Waals surface area contributed by atoms with Crippen molar-refractivity contribution in [3.05, 3.63) is 48.0 Å². The van der Waals surface area contributed by atoms with Crippen molar-refractivity contribution in [2.75, 3.05) is 6.61 Å². The van der Waals surface area contributed by atoms with Crippen LogP contribution in [0.15, 0.2) is 42.5 Å². The predicted octanol–water partition coefficient (Wildman–Crippen LogP) is 3.33. The maximum absolute atomic E-state index is 11.7. The molecule has 0 aliphatic heterocycles. The fourth-order valence-electron chi connectivity index (χ4n) is 2.03. The molecule has 1 unspecified atom stereocenters. The van der Waals surface area contributed by atoms with E-state index in [1.54, 1.807) is 13.8 Å². The summed E-state index contributed by atoms with van der Waals surface area (Å²) in [7, 11) is 0. The molecule has 0 N–H and O–H groups in total. The molecule has 0 fully saturated rings. The lowest BCUT2D eigenvalue weighted by Gasteiger charge is -2.14. The van der Waals surface area contributed by atoms with Crippen molar-refractivity contribution in [2.45, 2.75) is 33.1 Å². The molecule has 3 nitrogen and oxygen atoms in total. The van der Waals surface area contributed by atoms with Gasteiger partial charge in [0.1, 0.15) is 5.78 Å². The lowest BCUT2D eigenvalue weighted by Crippen LogP contribution is -2.16. The maximum Gasteiger partial charge on any atom is 0.333 e. The number of ether oxygens (including phenoxy) is 1. The Morgan fingerprint density at radius 3 is 2.45 bits per heavy atom. The van der Waals surface area contributed by atoms with Gasteiger partial charge in [0, 0.05) is 11.5 Å². The van der Waals surface area contributed by atoms with Crippen LogP contribution in [-0.2, 0) is 20.7 Å². The first kappa shape index (κ1) is 16.2. The van der Waals surface area contributed by atoms with Crippen LogP contribution >= 0.6 is 0 Å². The van der Waals surface area contributed by atoms with Crippen molar-refractivity contribution in [3.8, 4) is 0 Å². The summed E-state index contributed by atoms with van der Waals surface area (Å²) in [5.41, 5.74) is 1.57. The molecule has 0 bridgehead atoms. The van der Waals surface area contributed by atoms with Crippen LogP contribution in [0, 0.1) is 5.92 Å². The molecule has 0 radical (unpaired) electrons. The molecular formula is C17H22O3. The number of carbonyl (C=O) groups is 2. The fourth-order valence-corrected chi connectivity index (χ4v) is 2.03. The number of esters is 1. The number of hydrogen-bond donors (Lipinski definition) is 0. The average Bonchev–Trinajstić information content (AvgIpc) is 2.44. The first-order valence-electron chi connectivity index (χ1n) is 6.93. The van der Waals surface area contributed by atoms with E-state index < -0.39 is 0 Å². The zero-order valence-corrected chi connectivity index (χ0v) is 12.2. The van der Waals surface area contributed by atoms with Gasteiger partial charge in [0.2, 0.25) is 0 Å². The molecule has 0 saturated heterocycles. The smallest absolute Gasteiger partial charge is 0.333 e. The van der Waals surface area contributed by atoms with Gasteiger partial charge < -0.3 is 4.74 Å². The third-order valence-corrected chi connectivity index (χ3v) is 3.26. The van der Waals surface area contributed by atoms with Gasteiger partial charge in [-0.2, -0.15) is 0 Å². The Hall–Kier alpha value is -1.90. The average molecular weight is 274 g/mol. The van der Waals surface area contributed by atoms with Crippen molar-refractivity contribution in [3.63, 3.8) is 0 Å². The molecular weight excluding hydrogens is 252 g/mol. The second kappa shape index (κ2) is 8.31. The number of carbonyl (C=O) groups excluding carboxylic acids is 2. The van der Waals surface area contributed by atoms with Crippen LogP contribution in [-0.4, -0.2) is 18.4 Å². The molecule has 0 aromatic heterocycles. The molecule has 0 aliphatic rings. The monoisotopic (exact) mass is 274 g/mol. The number of rotatable bonds is 8. The predicted molar refractivity (Wildman–Crippen MR) is 79.3 cm³/mol. The van der Waals surface area contributed by atoms with Gasteiger partial charge in [0.15, 0.2) is 0 Å². The van der Waals surface area contributed by atoms with Gasteiger partial charge >= 0.3 is 5.97 Å². The Balaban J connectivity index is 2.54. The highest BCUT2D eigenvalue weighted by Crippen LogP contribution is 2.18. The van der Waals surface area contributed by atoms with Gasteiger partial charge in [-0.25, -0.2) is 4.79 Å². The highest BCUT2D eigenvalue weighted by molar-refractivity contribution is 5.87. The van der Waals surface area contributed by atoms with E-state index in [2.05, 4.69) is 6.58 Å². The van der Waals surface area contributed by atoms with E-state index in [0.717, 1.165) is 5.56 Å². The minimum absolute atomic E-state index is 0.0800. The van der Waals surface area contributed by atoms with Crippen LogP contribution in [0.3, 0.4) is 0 Å². The van der Waals surface area contributed by atoms with Gasteiger partial charge in [0.05, 0.1) is 6.61 Å². The van der Waals surface area contributed by atoms with E-state index in [1.807, 2.05) is 30.3 Å². The maximum atomic E-state index is 11.7. The summed E-state index contributed by atoms with van der Waals surface area (Å²) in [6.07, 6.45) is 1.82. The van der Waals surface area contributed by atoms with Crippen LogP contribution in [0.1, 0.15) is 32.3 Å². The Morgan fingerprint density at radius 2 is 1.90 bits per heavy atom. The van der Waals surface area contributed by atoms with Crippen LogP contribution in [0.5, 0.6) is 0 Å². The van der Waals surface area contributed by atoms with E-state index in [-0.39, 0.29) is 17.7 Å². The molecule has 0 amide bonds. The van der Waals surface area contributed by atoms with Crippen molar-refractivity contribution in [1.82, 2.24) is 0 Å². The van der Waals surface area contributed by atoms with Crippen LogP contribution in [0.25, 0.3) is 0 Å². The minimum atomic E-state index is -0.366. The summed E-state index contributed by atoms with van der Waals surface area (Å²) in [4.78, 5) is 23.2. The van der Waals surface area contributed by atoms with E-state index in [0.29, 0.717) is 31.4 Å². The standard InChI is InChI=1S/C17H22O3/c1-4-20-17(19)13(2)10-11-16(14(3)18)12-15-8-6-5-7-9-15/h5-9,16H,2,4,10-12H2,1,3H3. The Bertz CT molecular complexity index is 462. The Labute approximate surface area is 120 Å². The summed E-state index contributed by atoms with van der Waals surface area (Å²) < 4.78 is 4.89. The molecule has 1 aromatic carbocycles. The number of hydrogen-bond acceptors (Lipinski definition) is 3. The van der Waals surface area contributed by atoms with Gasteiger partial charge in [-0.3, -0.25) is 4.79 Å². The van der Waals surface area contributed by atoms with Gasteiger partial charge in [-0.05, 0) is 38.7 Å². The Morgan fingerprint density at radius 1 is 1.25 bits per heavy atom. The van der Waals surface area contributed by atoms with Gasteiger partial charge in [-0.15, -0.1) is 0 Å². The van der Waals surface area contributed by atoms with Crippen molar-refractivity contribution < 1.29 is 14.3 Å². The van der Waals surface area contributed by atoms with Gasteiger partial charge in [0.25, 0.3) is 0 Å². The van der Waals surface area contributed by atoms with Crippen molar-refractivity contribution in [1.29, 1.82) is 0 Å². The first-order chi connectivity index (χ1) is 9.54. The number of benzene rings is 1. The summed E-state index contributed by atoms with van der Waals surface area (Å²) in [5, 5.41) is 0. The molecule has 1 aromatic rings. The zero-order chi connectivity index (χ0) is 15.0. The van der Waals surface area contributed by atoms with Crippen LogP contribution in [0.4, 0.5) is 0 Å². The molecule has 1 rings (SSSR count). The summed E-state index contributed by atoms with van der Waals surface area (Å²) in [6, 6.07) is 9.90. The van der Waals surface area contributed by atoms with Crippen LogP contribution in [0.2, 0.25) is 0 Å². The highest BCUT2D eigenvalue weighted by atomic mass is 16.5. The molecule has 0 spiro atoms. The van der Waals surface area contributed by atoms with E-state index in [9.17, 15) is 9.59 Å². The van der Waals surface area contributed by atoms with E-state index in [4.69, 9.17) is 4.74 Å². The summed E-state index contributed by atoms with van der Waals surface area (Å²) in [5.74, 6) is -0.302. The third kappa shape index (κ3) is 5.39. The molecule has 3 heteroatoms. The SMILES string of the molecule is C=C(CCC(Cc1ccccc1)C(C)=O)C(=O)OCC. The van der Waals surface area contributed by atoms with Crippen LogP contribution < -0.4 is 0 Å². The molecule has 20 heavy (non-hydrogen) atoms. The number of Topliss-reactive ketones (excluding diaryl/α,β-unsaturated/α-hetero) is 1. The van der Waals surface area contributed by atoms with E-state index >= 15 is 0 Å². The highest BCUT2D eigenvalue weighted by Gasteiger charge is 2.17. The molecule has 0 saturated carbocycles. The van der Waals surface area contributed by atoms with E-state index in [1.165, 1.54) is 0 Å². The topological polar surface area (TPSA) is 43.4 Å². The summed E-state index contributed by atoms with van der Waals surface area (Å²) >= 11 is 0. The zero-order valence-electron chi connectivity index (χ0n) is 12.2. The molecule has 108 valence electrons. The van der Waals surface area contributed by atoms with Crippen molar-refractivity contribution >= 4 is 11.8 Å². The number of ketones is 1. The molecule has 1 atom stereocenters. The largest absolute Gasteiger partial charge is 0.463 e. The molecule has 0 heterocycles. The fraction of sp³-hybridized carbons (Fsp3) is 0.412. The third-order valence-electron chi connectivity index (χ3n) is 3.26. The van der Waals surface area contributed by atoms with Gasteiger partial charge in [-0.1, -0.05) is 36.9 Å². The lowest BCUT2D eigenvalue weighted by molar-refractivity contribution is -0.138.